The number of thiazole rings is 1. The first kappa shape index (κ1) is 20.0. The first-order valence-corrected chi connectivity index (χ1v) is 8.79. The molecule has 0 saturated heterocycles. The number of para-hydroxylation sites is 1. The Kier molecular flexibility index (Phi) is 6.84. The molecule has 0 fully saturated rings. The van der Waals surface area contributed by atoms with Gasteiger partial charge in [-0.2, -0.15) is 13.2 Å². The average Bonchev–Trinajstić information content (AvgIpc) is 2.91. The number of halogens is 3. The molecule has 0 unspecified atom stereocenters. The number of aryl methyl sites for hydroxylation is 2. The van der Waals surface area contributed by atoms with Gasteiger partial charge in [0.25, 0.3) is 0 Å². The monoisotopic (exact) mass is 386 g/mol. The molecule has 0 bridgehead atoms. The predicted molar refractivity (Wildman–Crippen MR) is 96.7 cm³/mol. The second-order valence-corrected chi connectivity index (χ2v) is 6.72. The molecule has 9 heteroatoms. The quantitative estimate of drug-likeness (QED) is 0.453. The fourth-order valence-electron chi connectivity index (χ4n) is 2.28. The number of aromatic nitrogens is 1. The van der Waals surface area contributed by atoms with Crippen LogP contribution in [0.25, 0.3) is 0 Å². The lowest BCUT2D eigenvalue weighted by atomic mass is 10.2. The van der Waals surface area contributed by atoms with Gasteiger partial charge in [0.05, 0.1) is 29.4 Å². The van der Waals surface area contributed by atoms with Crippen molar-refractivity contribution in [1.29, 1.82) is 0 Å². The van der Waals surface area contributed by atoms with Gasteiger partial charge in [-0.3, -0.25) is 4.99 Å². The zero-order chi connectivity index (χ0) is 19.2. The number of alkyl halides is 3. The lowest BCUT2D eigenvalue weighted by molar-refractivity contribution is -0.138. The van der Waals surface area contributed by atoms with Crippen LogP contribution in [-0.4, -0.2) is 31.1 Å². The van der Waals surface area contributed by atoms with E-state index >= 15 is 0 Å². The van der Waals surface area contributed by atoms with Gasteiger partial charge in [0.2, 0.25) is 0 Å². The molecule has 2 aromatic rings. The molecule has 26 heavy (non-hydrogen) atoms. The highest BCUT2D eigenvalue weighted by molar-refractivity contribution is 7.11. The highest BCUT2D eigenvalue weighted by atomic mass is 32.1. The number of hydrogen-bond acceptors (Lipinski definition) is 4. The van der Waals surface area contributed by atoms with Crippen molar-refractivity contribution in [3.8, 4) is 5.75 Å². The van der Waals surface area contributed by atoms with Crippen molar-refractivity contribution in [2.24, 2.45) is 4.99 Å². The SMILES string of the molecule is CN=C(NCCOc1ccccc1C(F)(F)F)NCc1sc(C)nc1C. The number of hydrogen-bond donors (Lipinski definition) is 2. The molecule has 1 aromatic carbocycles. The van der Waals surface area contributed by atoms with Crippen LogP contribution in [0.2, 0.25) is 0 Å². The molecule has 0 radical (unpaired) electrons. The fourth-order valence-corrected chi connectivity index (χ4v) is 3.16. The predicted octanol–water partition coefficient (Wildman–Crippen LogP) is 3.52. The summed E-state index contributed by atoms with van der Waals surface area (Å²) < 4.78 is 44.0. The van der Waals surface area contributed by atoms with Gasteiger partial charge in [0.1, 0.15) is 12.4 Å². The lowest BCUT2D eigenvalue weighted by Gasteiger charge is -2.15. The topological polar surface area (TPSA) is 58.5 Å². The summed E-state index contributed by atoms with van der Waals surface area (Å²) in [5.74, 6) is 0.365. The second-order valence-electron chi connectivity index (χ2n) is 5.44. The van der Waals surface area contributed by atoms with Gasteiger partial charge in [0.15, 0.2) is 5.96 Å². The Morgan fingerprint density at radius 3 is 2.58 bits per heavy atom. The van der Waals surface area contributed by atoms with E-state index in [1.165, 1.54) is 18.2 Å². The van der Waals surface area contributed by atoms with Crippen LogP contribution in [0.1, 0.15) is 21.1 Å². The number of aliphatic imine (C=N–C) groups is 1. The number of guanidine groups is 1. The van der Waals surface area contributed by atoms with E-state index in [1.807, 2.05) is 13.8 Å². The van der Waals surface area contributed by atoms with Crippen molar-refractivity contribution >= 4 is 17.3 Å². The molecule has 2 N–H and O–H groups in total. The van der Waals surface area contributed by atoms with Crippen molar-refractivity contribution in [2.45, 2.75) is 26.6 Å². The molecule has 0 aliphatic carbocycles. The first-order valence-electron chi connectivity index (χ1n) is 7.97. The van der Waals surface area contributed by atoms with Crippen LogP contribution in [-0.2, 0) is 12.7 Å². The average molecular weight is 386 g/mol. The van der Waals surface area contributed by atoms with E-state index in [2.05, 4.69) is 20.6 Å². The third-order valence-electron chi connectivity index (χ3n) is 3.48. The van der Waals surface area contributed by atoms with E-state index in [0.29, 0.717) is 19.0 Å². The molecule has 1 heterocycles. The number of ether oxygens (including phenoxy) is 1. The minimum Gasteiger partial charge on any atom is -0.491 e. The van der Waals surface area contributed by atoms with E-state index < -0.39 is 11.7 Å². The van der Waals surface area contributed by atoms with Crippen LogP contribution in [0.3, 0.4) is 0 Å². The van der Waals surface area contributed by atoms with Crippen molar-refractivity contribution in [2.75, 3.05) is 20.2 Å². The van der Waals surface area contributed by atoms with E-state index in [1.54, 1.807) is 18.4 Å². The maximum Gasteiger partial charge on any atom is 0.419 e. The van der Waals surface area contributed by atoms with Gasteiger partial charge in [-0.05, 0) is 26.0 Å². The zero-order valence-electron chi connectivity index (χ0n) is 14.8. The summed E-state index contributed by atoms with van der Waals surface area (Å²) in [5.41, 5.74) is 0.195. The van der Waals surface area contributed by atoms with Gasteiger partial charge in [-0.1, -0.05) is 12.1 Å². The molecule has 0 saturated carbocycles. The fraction of sp³-hybridized carbons (Fsp3) is 0.412. The van der Waals surface area contributed by atoms with Crippen LogP contribution in [0.5, 0.6) is 5.75 Å². The molecule has 0 spiro atoms. The summed E-state index contributed by atoms with van der Waals surface area (Å²) in [6.07, 6.45) is -4.44. The summed E-state index contributed by atoms with van der Waals surface area (Å²) in [4.78, 5) is 9.55. The second kappa shape index (κ2) is 8.88. The molecule has 5 nitrogen and oxygen atoms in total. The highest BCUT2D eigenvalue weighted by Gasteiger charge is 2.33. The van der Waals surface area contributed by atoms with E-state index in [0.717, 1.165) is 21.6 Å². The van der Waals surface area contributed by atoms with Crippen molar-refractivity contribution in [1.82, 2.24) is 15.6 Å². The Morgan fingerprint density at radius 2 is 1.96 bits per heavy atom. The van der Waals surface area contributed by atoms with Crippen molar-refractivity contribution < 1.29 is 17.9 Å². The largest absolute Gasteiger partial charge is 0.491 e. The summed E-state index contributed by atoms with van der Waals surface area (Å²) in [5, 5.41) is 7.16. The Balaban J connectivity index is 1.81. The Bertz CT molecular complexity index is 759. The summed E-state index contributed by atoms with van der Waals surface area (Å²) in [7, 11) is 1.62. The van der Waals surface area contributed by atoms with Crippen LogP contribution < -0.4 is 15.4 Å². The van der Waals surface area contributed by atoms with Gasteiger partial charge in [-0.25, -0.2) is 4.98 Å². The van der Waals surface area contributed by atoms with E-state index in [9.17, 15) is 13.2 Å². The van der Waals surface area contributed by atoms with Crippen LogP contribution in [0, 0.1) is 13.8 Å². The molecule has 142 valence electrons. The Morgan fingerprint density at radius 1 is 1.23 bits per heavy atom. The molecule has 1 aromatic heterocycles. The van der Waals surface area contributed by atoms with Crippen LogP contribution in [0.15, 0.2) is 29.3 Å². The number of nitrogens with one attached hydrogen (secondary N) is 2. The Hall–Kier alpha value is -2.29. The third-order valence-corrected chi connectivity index (χ3v) is 4.56. The number of rotatable bonds is 6. The van der Waals surface area contributed by atoms with Gasteiger partial charge < -0.3 is 15.4 Å². The summed E-state index contributed by atoms with van der Waals surface area (Å²) >= 11 is 1.61. The Labute approximate surface area is 154 Å². The van der Waals surface area contributed by atoms with E-state index in [4.69, 9.17) is 4.74 Å². The minimum absolute atomic E-state index is 0.0759. The maximum absolute atomic E-state index is 12.9. The lowest BCUT2D eigenvalue weighted by Crippen LogP contribution is -2.38. The molecular formula is C17H21F3N4OS. The molecule has 2 rings (SSSR count). The van der Waals surface area contributed by atoms with Crippen molar-refractivity contribution in [3.63, 3.8) is 0 Å². The third kappa shape index (κ3) is 5.62. The maximum atomic E-state index is 12.9. The van der Waals surface area contributed by atoms with Crippen molar-refractivity contribution in [3.05, 3.63) is 45.4 Å². The van der Waals surface area contributed by atoms with Crippen LogP contribution >= 0.6 is 11.3 Å². The highest BCUT2D eigenvalue weighted by Crippen LogP contribution is 2.35. The number of benzene rings is 1. The molecule has 0 aliphatic heterocycles. The molecular weight excluding hydrogens is 365 g/mol. The summed E-state index contributed by atoms with van der Waals surface area (Å²) in [6, 6.07) is 5.16. The smallest absolute Gasteiger partial charge is 0.419 e. The van der Waals surface area contributed by atoms with Gasteiger partial charge in [-0.15, -0.1) is 11.3 Å². The number of nitrogens with zero attached hydrogens (tertiary/aromatic N) is 2. The molecule has 0 atom stereocenters. The van der Waals surface area contributed by atoms with Gasteiger partial charge >= 0.3 is 6.18 Å². The summed E-state index contributed by atoms with van der Waals surface area (Å²) in [6.45, 7) is 4.86. The zero-order valence-corrected chi connectivity index (χ0v) is 15.6. The first-order chi connectivity index (χ1) is 12.3. The normalized spacial score (nSPS) is 12.2. The van der Waals surface area contributed by atoms with E-state index in [-0.39, 0.29) is 12.4 Å². The molecule has 0 amide bonds. The standard InChI is InChI=1S/C17H21F3N4OS/c1-11-15(26-12(2)24-11)10-23-16(21-3)22-8-9-25-14-7-5-4-6-13(14)17(18,19)20/h4-7H,8-10H2,1-3H3,(H2,21,22,23). The minimum atomic E-state index is -4.44. The van der Waals surface area contributed by atoms with Crippen LogP contribution in [0.4, 0.5) is 13.2 Å². The molecule has 0 aliphatic rings. The van der Waals surface area contributed by atoms with Gasteiger partial charge in [0, 0.05) is 11.9 Å².